The van der Waals surface area contributed by atoms with Crippen LogP contribution in [0.25, 0.3) is 0 Å². The molecular weight excluding hydrogens is 614 g/mol. The highest BCUT2D eigenvalue weighted by Gasteiger charge is 2.39. The van der Waals surface area contributed by atoms with E-state index in [4.69, 9.17) is 16.3 Å². The van der Waals surface area contributed by atoms with Gasteiger partial charge < -0.3 is 15.3 Å². The number of aromatic nitrogens is 3. The number of oxime groups is 1. The summed E-state index contributed by atoms with van der Waals surface area (Å²) < 4.78 is 38.4. The fraction of sp³-hybridized carbons (Fsp3) is 0.529. The van der Waals surface area contributed by atoms with Crippen LogP contribution in [-0.2, 0) is 28.0 Å². The summed E-state index contributed by atoms with van der Waals surface area (Å²) in [4.78, 5) is 20.4. The van der Waals surface area contributed by atoms with Gasteiger partial charge in [0.2, 0.25) is 0 Å². The van der Waals surface area contributed by atoms with Crippen LogP contribution in [0.3, 0.4) is 0 Å². The molecule has 12 heteroatoms. The molecule has 0 fully saturated rings. The standard InChI is InChI=1S/C34H47ClF2N6O3/c1-21(2)42(20-23-12-11-13-25(35)29(23)36)15-14-34(10,31(44)46-33(7,8)9)18-26-30(37)24(19-38-45)17-27(39-26)40-28-16-22(3)41-43(28)32(4,5)6/h11-13,16-17,19,21,45H,14-15,18,20H2,1-10H3,(H,39,40)/b38-19+/t34-/m0/s1. The van der Waals surface area contributed by atoms with Gasteiger partial charge in [0, 0.05) is 36.2 Å². The Bertz CT molecular complexity index is 1560. The minimum atomic E-state index is -1.24. The predicted octanol–water partition coefficient (Wildman–Crippen LogP) is 8.02. The first kappa shape index (κ1) is 36.9. The van der Waals surface area contributed by atoms with Gasteiger partial charge in [-0.15, -0.1) is 0 Å². The lowest BCUT2D eigenvalue weighted by Crippen LogP contribution is -2.41. The minimum absolute atomic E-state index is 0.00727. The van der Waals surface area contributed by atoms with Crippen molar-refractivity contribution in [2.24, 2.45) is 10.6 Å². The molecule has 0 radical (unpaired) electrons. The highest BCUT2D eigenvalue weighted by molar-refractivity contribution is 6.30. The molecular formula is C34H47ClF2N6O3. The van der Waals surface area contributed by atoms with Crippen LogP contribution in [0.4, 0.5) is 20.4 Å². The number of halogens is 3. The third-order valence-electron chi connectivity index (χ3n) is 7.51. The zero-order valence-corrected chi connectivity index (χ0v) is 29.3. The maximum Gasteiger partial charge on any atom is 0.312 e. The number of nitrogens with zero attached hydrogens (tertiary/aromatic N) is 5. The van der Waals surface area contributed by atoms with E-state index in [0.29, 0.717) is 17.9 Å². The number of esters is 1. The van der Waals surface area contributed by atoms with E-state index >= 15 is 4.39 Å². The van der Waals surface area contributed by atoms with Crippen molar-refractivity contribution in [2.75, 3.05) is 11.9 Å². The molecule has 2 heterocycles. The van der Waals surface area contributed by atoms with Crippen LogP contribution in [-0.4, -0.2) is 55.2 Å². The molecule has 0 bridgehead atoms. The SMILES string of the molecule is Cc1cc(Nc2cc(/C=N/O)c(F)c(C[C@](C)(CCN(Cc3cccc(Cl)c3F)C(C)C)C(=O)OC(C)(C)C)n2)n(C(C)(C)C)n1. The van der Waals surface area contributed by atoms with E-state index in [1.807, 2.05) is 52.5 Å². The van der Waals surface area contributed by atoms with E-state index in [9.17, 15) is 14.4 Å². The number of rotatable bonds is 12. The summed E-state index contributed by atoms with van der Waals surface area (Å²) in [6, 6.07) is 8.15. The van der Waals surface area contributed by atoms with Crippen molar-refractivity contribution in [1.29, 1.82) is 0 Å². The second-order valence-electron chi connectivity index (χ2n) is 14.2. The summed E-state index contributed by atoms with van der Waals surface area (Å²) in [5, 5.41) is 20.2. The average molecular weight is 661 g/mol. The first-order chi connectivity index (χ1) is 21.2. The number of nitrogens with one attached hydrogen (secondary N) is 1. The number of benzene rings is 1. The lowest BCUT2D eigenvalue weighted by Gasteiger charge is -2.35. The van der Waals surface area contributed by atoms with Crippen LogP contribution in [0.15, 0.2) is 35.5 Å². The van der Waals surface area contributed by atoms with Gasteiger partial charge in [-0.2, -0.15) is 5.10 Å². The highest BCUT2D eigenvalue weighted by atomic mass is 35.5. The van der Waals surface area contributed by atoms with Crippen molar-refractivity contribution in [2.45, 2.75) is 106 Å². The molecule has 3 aromatic rings. The van der Waals surface area contributed by atoms with Crippen LogP contribution in [0.2, 0.25) is 5.02 Å². The monoisotopic (exact) mass is 660 g/mol. The average Bonchev–Trinajstić information content (AvgIpc) is 3.30. The molecule has 0 spiro atoms. The van der Waals surface area contributed by atoms with Crippen LogP contribution in [0, 0.1) is 24.0 Å². The number of pyridine rings is 1. The van der Waals surface area contributed by atoms with Gasteiger partial charge in [0.15, 0.2) is 5.82 Å². The van der Waals surface area contributed by atoms with Crippen molar-refractivity contribution in [3.05, 3.63) is 69.5 Å². The van der Waals surface area contributed by atoms with Crippen molar-refractivity contribution >= 4 is 35.4 Å². The lowest BCUT2D eigenvalue weighted by molar-refractivity contribution is -0.167. The largest absolute Gasteiger partial charge is 0.460 e. The third kappa shape index (κ3) is 9.48. The van der Waals surface area contributed by atoms with Gasteiger partial charge in [-0.1, -0.05) is 28.9 Å². The third-order valence-corrected chi connectivity index (χ3v) is 7.80. The van der Waals surface area contributed by atoms with E-state index in [2.05, 4.69) is 20.6 Å². The predicted molar refractivity (Wildman–Crippen MR) is 178 cm³/mol. The fourth-order valence-electron chi connectivity index (χ4n) is 5.01. The Kier molecular flexibility index (Phi) is 11.6. The quantitative estimate of drug-likeness (QED) is 0.0877. The molecule has 0 aliphatic heterocycles. The van der Waals surface area contributed by atoms with Gasteiger partial charge in [0.05, 0.1) is 33.6 Å². The lowest BCUT2D eigenvalue weighted by atomic mass is 9.81. The fourth-order valence-corrected chi connectivity index (χ4v) is 5.20. The van der Waals surface area contributed by atoms with E-state index in [-0.39, 0.29) is 53.1 Å². The summed E-state index contributed by atoms with van der Waals surface area (Å²) >= 11 is 6.03. The van der Waals surface area contributed by atoms with E-state index in [0.717, 1.165) is 11.9 Å². The first-order valence-corrected chi connectivity index (χ1v) is 15.7. The molecule has 1 atom stereocenters. The molecule has 0 amide bonds. The maximum atomic E-state index is 16.0. The Balaban J connectivity index is 2.03. The maximum absolute atomic E-state index is 16.0. The topological polar surface area (TPSA) is 105 Å². The summed E-state index contributed by atoms with van der Waals surface area (Å²) in [7, 11) is 0. The molecule has 2 N–H and O–H groups in total. The van der Waals surface area contributed by atoms with E-state index < -0.39 is 28.6 Å². The van der Waals surface area contributed by atoms with Crippen molar-refractivity contribution < 1.29 is 23.5 Å². The number of ether oxygens (including phenoxy) is 1. The van der Waals surface area contributed by atoms with Gasteiger partial charge in [-0.05, 0) is 94.3 Å². The smallest absolute Gasteiger partial charge is 0.312 e. The molecule has 2 aromatic heterocycles. The minimum Gasteiger partial charge on any atom is -0.460 e. The molecule has 1 aromatic carbocycles. The molecule has 46 heavy (non-hydrogen) atoms. The number of carbonyl (C=O) groups excluding carboxylic acids is 1. The molecule has 3 rings (SSSR count). The Morgan fingerprint density at radius 3 is 2.41 bits per heavy atom. The van der Waals surface area contributed by atoms with Crippen LogP contribution in [0.1, 0.15) is 91.2 Å². The van der Waals surface area contributed by atoms with Crippen LogP contribution >= 0.6 is 11.6 Å². The first-order valence-electron chi connectivity index (χ1n) is 15.4. The zero-order valence-electron chi connectivity index (χ0n) is 28.5. The second kappa shape index (κ2) is 14.5. The molecule has 0 saturated heterocycles. The molecule has 9 nitrogen and oxygen atoms in total. The summed E-state index contributed by atoms with van der Waals surface area (Å²) in [6.45, 7) is 19.5. The Morgan fingerprint density at radius 1 is 1.15 bits per heavy atom. The van der Waals surface area contributed by atoms with Crippen LogP contribution in [0.5, 0.6) is 0 Å². The normalized spacial score (nSPS) is 13.9. The number of aryl methyl sites for hydroxylation is 1. The van der Waals surface area contributed by atoms with Crippen molar-refractivity contribution in [3.63, 3.8) is 0 Å². The number of carbonyl (C=O) groups is 1. The van der Waals surface area contributed by atoms with Gasteiger partial charge >= 0.3 is 5.97 Å². The Morgan fingerprint density at radius 2 is 1.83 bits per heavy atom. The molecule has 0 unspecified atom stereocenters. The molecule has 252 valence electrons. The number of hydrogen-bond donors (Lipinski definition) is 2. The number of hydrogen-bond acceptors (Lipinski definition) is 8. The molecule has 0 aliphatic carbocycles. The van der Waals surface area contributed by atoms with Gasteiger partial charge in [-0.25, -0.2) is 18.4 Å². The second-order valence-corrected chi connectivity index (χ2v) is 14.7. The number of anilines is 2. The van der Waals surface area contributed by atoms with E-state index in [1.54, 1.807) is 44.5 Å². The molecule has 0 aliphatic rings. The highest BCUT2D eigenvalue weighted by Crippen LogP contribution is 2.34. The Hall–Kier alpha value is -3.57. The zero-order chi connectivity index (χ0) is 34.6. The molecule has 0 saturated carbocycles. The van der Waals surface area contributed by atoms with E-state index in [1.165, 1.54) is 12.1 Å². The summed E-state index contributed by atoms with van der Waals surface area (Å²) in [5.41, 5.74) is -1.21. The van der Waals surface area contributed by atoms with Gasteiger partial charge in [0.25, 0.3) is 0 Å². The summed E-state index contributed by atoms with van der Waals surface area (Å²) in [6.07, 6.45) is 1.12. The van der Waals surface area contributed by atoms with Crippen molar-refractivity contribution in [3.8, 4) is 0 Å². The van der Waals surface area contributed by atoms with Crippen molar-refractivity contribution in [1.82, 2.24) is 19.7 Å². The van der Waals surface area contributed by atoms with Gasteiger partial charge in [-0.3, -0.25) is 9.69 Å². The van der Waals surface area contributed by atoms with Gasteiger partial charge in [0.1, 0.15) is 23.1 Å². The van der Waals surface area contributed by atoms with Crippen LogP contribution < -0.4 is 5.32 Å². The Labute approximate surface area is 276 Å². The summed E-state index contributed by atoms with van der Waals surface area (Å²) in [5.74, 6) is -0.807.